The first-order chi connectivity index (χ1) is 9.59. The average molecular weight is 282 g/mol. The molecule has 1 aliphatic heterocycles. The maximum Gasteiger partial charge on any atom is 0.327 e. The Morgan fingerprint density at radius 1 is 1.35 bits per heavy atom. The number of ether oxygens (including phenoxy) is 1. The van der Waals surface area contributed by atoms with E-state index in [1.165, 1.54) is 52.1 Å². The van der Waals surface area contributed by atoms with E-state index in [4.69, 9.17) is 4.74 Å². The predicted octanol–water partition coefficient (Wildman–Crippen LogP) is 2.32. The summed E-state index contributed by atoms with van der Waals surface area (Å²) in [5.41, 5.74) is -0.556. The zero-order valence-corrected chi connectivity index (χ0v) is 13.3. The average Bonchev–Trinajstić information content (AvgIpc) is 3.24. The van der Waals surface area contributed by atoms with Crippen LogP contribution in [0.1, 0.15) is 58.8 Å². The van der Waals surface area contributed by atoms with Gasteiger partial charge in [0.1, 0.15) is 5.54 Å². The lowest BCUT2D eigenvalue weighted by Gasteiger charge is -2.41. The monoisotopic (exact) mass is 282 g/mol. The van der Waals surface area contributed by atoms with Gasteiger partial charge in [0.05, 0.1) is 7.11 Å². The number of nitrogens with zero attached hydrogens (tertiary/aromatic N) is 1. The number of rotatable bonds is 7. The van der Waals surface area contributed by atoms with Crippen LogP contribution in [0.3, 0.4) is 0 Å². The van der Waals surface area contributed by atoms with Crippen LogP contribution in [0.4, 0.5) is 0 Å². The number of piperidine rings is 1. The first kappa shape index (κ1) is 15.8. The molecule has 0 amide bonds. The van der Waals surface area contributed by atoms with E-state index in [2.05, 4.69) is 17.1 Å². The van der Waals surface area contributed by atoms with Crippen molar-refractivity contribution in [1.82, 2.24) is 10.2 Å². The van der Waals surface area contributed by atoms with Gasteiger partial charge in [0.2, 0.25) is 0 Å². The van der Waals surface area contributed by atoms with E-state index in [-0.39, 0.29) is 5.97 Å². The van der Waals surface area contributed by atoms with Crippen molar-refractivity contribution >= 4 is 5.97 Å². The van der Waals surface area contributed by atoms with Crippen LogP contribution in [0.15, 0.2) is 0 Å². The zero-order chi connectivity index (χ0) is 14.6. The molecule has 1 aliphatic carbocycles. The molecular weight excluding hydrogens is 252 g/mol. The number of methoxy groups -OCH3 is 1. The molecule has 0 spiro atoms. The summed E-state index contributed by atoms with van der Waals surface area (Å²) >= 11 is 0. The number of esters is 1. The molecule has 4 nitrogen and oxygen atoms in total. The van der Waals surface area contributed by atoms with Gasteiger partial charge in [-0.3, -0.25) is 15.0 Å². The Balaban J connectivity index is 2.02. The number of likely N-dealkylation sites (tertiary alicyclic amines) is 1. The Morgan fingerprint density at radius 3 is 2.70 bits per heavy atom. The molecule has 116 valence electrons. The number of hydrogen-bond donors (Lipinski definition) is 1. The van der Waals surface area contributed by atoms with Crippen LogP contribution >= 0.6 is 0 Å². The maximum absolute atomic E-state index is 12.2. The predicted molar refractivity (Wildman–Crippen MR) is 80.7 cm³/mol. The van der Waals surface area contributed by atoms with Gasteiger partial charge in [0, 0.05) is 18.6 Å². The lowest BCUT2D eigenvalue weighted by Crippen LogP contribution is -2.60. The Hall–Kier alpha value is -0.610. The number of hydrogen-bond acceptors (Lipinski definition) is 4. The van der Waals surface area contributed by atoms with E-state index in [9.17, 15) is 4.79 Å². The fraction of sp³-hybridized carbons (Fsp3) is 0.938. The molecule has 2 aliphatic rings. The molecule has 0 bridgehead atoms. The van der Waals surface area contributed by atoms with Crippen molar-refractivity contribution in [2.45, 2.75) is 76.4 Å². The number of nitrogens with one attached hydrogen (secondary N) is 1. The minimum absolute atomic E-state index is 0.120. The van der Waals surface area contributed by atoms with E-state index in [0.29, 0.717) is 12.1 Å². The molecule has 0 aromatic heterocycles. The van der Waals surface area contributed by atoms with Gasteiger partial charge in [-0.2, -0.15) is 0 Å². The summed E-state index contributed by atoms with van der Waals surface area (Å²) in [5, 5.41) is 3.51. The fourth-order valence-electron chi connectivity index (χ4n) is 3.41. The van der Waals surface area contributed by atoms with Gasteiger partial charge in [-0.25, -0.2) is 0 Å². The smallest absolute Gasteiger partial charge is 0.327 e. The van der Waals surface area contributed by atoms with Crippen molar-refractivity contribution < 1.29 is 9.53 Å². The Bertz CT molecular complexity index is 328. The third-order valence-corrected chi connectivity index (χ3v) is 4.63. The van der Waals surface area contributed by atoms with E-state index < -0.39 is 5.54 Å². The molecule has 2 rings (SSSR count). The number of carbonyl (C=O) groups is 1. The van der Waals surface area contributed by atoms with Gasteiger partial charge in [0.25, 0.3) is 0 Å². The molecule has 1 saturated carbocycles. The SMILES string of the molecule is CCCC1CCCCN1CC(C)(NC1CC1)C(=O)OC. The standard InChI is InChI=1S/C16H30N2O2/c1-4-7-14-8-5-6-11-18(14)12-16(2,15(19)20-3)17-13-9-10-13/h13-14,17H,4-12H2,1-3H3. The quantitative estimate of drug-likeness (QED) is 0.728. The minimum Gasteiger partial charge on any atom is -0.468 e. The Labute approximate surface area is 123 Å². The van der Waals surface area contributed by atoms with Gasteiger partial charge in [-0.15, -0.1) is 0 Å². The van der Waals surface area contributed by atoms with Crippen LogP contribution in [-0.4, -0.2) is 48.7 Å². The fourth-order valence-corrected chi connectivity index (χ4v) is 3.41. The molecule has 1 N–H and O–H groups in total. The van der Waals surface area contributed by atoms with Crippen LogP contribution in [0.25, 0.3) is 0 Å². The summed E-state index contributed by atoms with van der Waals surface area (Å²) in [6, 6.07) is 1.15. The van der Waals surface area contributed by atoms with Gasteiger partial charge >= 0.3 is 5.97 Å². The van der Waals surface area contributed by atoms with Crippen LogP contribution in [0.5, 0.6) is 0 Å². The molecule has 2 fully saturated rings. The van der Waals surface area contributed by atoms with Gasteiger partial charge in [0.15, 0.2) is 0 Å². The third-order valence-electron chi connectivity index (χ3n) is 4.63. The molecule has 0 aromatic carbocycles. The van der Waals surface area contributed by atoms with Gasteiger partial charge < -0.3 is 4.74 Å². The Morgan fingerprint density at radius 2 is 2.10 bits per heavy atom. The summed E-state index contributed by atoms with van der Waals surface area (Å²) in [7, 11) is 1.49. The van der Waals surface area contributed by atoms with Crippen LogP contribution in [0, 0.1) is 0 Å². The van der Waals surface area contributed by atoms with Crippen LogP contribution in [0.2, 0.25) is 0 Å². The third kappa shape index (κ3) is 3.95. The molecular formula is C16H30N2O2. The summed E-state index contributed by atoms with van der Waals surface area (Å²) in [6.07, 6.45) is 8.67. The second kappa shape index (κ2) is 6.90. The summed E-state index contributed by atoms with van der Waals surface area (Å²) in [4.78, 5) is 14.7. The highest BCUT2D eigenvalue weighted by Crippen LogP contribution is 2.27. The molecule has 4 heteroatoms. The van der Waals surface area contributed by atoms with Crippen LogP contribution in [-0.2, 0) is 9.53 Å². The zero-order valence-electron chi connectivity index (χ0n) is 13.3. The van der Waals surface area contributed by atoms with Crippen molar-refractivity contribution in [3.8, 4) is 0 Å². The number of carbonyl (C=O) groups excluding carboxylic acids is 1. The van der Waals surface area contributed by atoms with Crippen molar-refractivity contribution in [3.63, 3.8) is 0 Å². The van der Waals surface area contributed by atoms with Crippen molar-refractivity contribution in [1.29, 1.82) is 0 Å². The lowest BCUT2D eigenvalue weighted by atomic mass is 9.94. The molecule has 2 unspecified atom stereocenters. The highest BCUT2D eigenvalue weighted by molar-refractivity contribution is 5.80. The normalized spacial score (nSPS) is 27.1. The molecule has 1 saturated heterocycles. The minimum atomic E-state index is -0.556. The van der Waals surface area contributed by atoms with Gasteiger partial charge in [-0.1, -0.05) is 19.8 Å². The molecule has 2 atom stereocenters. The van der Waals surface area contributed by atoms with Crippen molar-refractivity contribution in [3.05, 3.63) is 0 Å². The van der Waals surface area contributed by atoms with E-state index in [1.54, 1.807) is 0 Å². The highest BCUT2D eigenvalue weighted by Gasteiger charge is 2.42. The van der Waals surface area contributed by atoms with E-state index in [0.717, 1.165) is 13.1 Å². The molecule has 0 radical (unpaired) electrons. The van der Waals surface area contributed by atoms with E-state index >= 15 is 0 Å². The summed E-state index contributed by atoms with van der Waals surface area (Å²) < 4.78 is 5.05. The summed E-state index contributed by atoms with van der Waals surface area (Å²) in [5.74, 6) is -0.120. The highest BCUT2D eigenvalue weighted by atomic mass is 16.5. The van der Waals surface area contributed by atoms with Crippen LogP contribution < -0.4 is 5.32 Å². The largest absolute Gasteiger partial charge is 0.468 e. The van der Waals surface area contributed by atoms with Gasteiger partial charge in [-0.05, 0) is 45.6 Å². The first-order valence-electron chi connectivity index (χ1n) is 8.19. The molecule has 1 heterocycles. The first-order valence-corrected chi connectivity index (χ1v) is 8.19. The maximum atomic E-state index is 12.2. The van der Waals surface area contributed by atoms with E-state index in [1.807, 2.05) is 6.92 Å². The van der Waals surface area contributed by atoms with Crippen molar-refractivity contribution in [2.24, 2.45) is 0 Å². The molecule has 20 heavy (non-hydrogen) atoms. The van der Waals surface area contributed by atoms with Crippen molar-refractivity contribution in [2.75, 3.05) is 20.2 Å². The molecule has 0 aromatic rings. The Kier molecular flexibility index (Phi) is 5.44. The topological polar surface area (TPSA) is 41.6 Å². The second-order valence-electron chi connectivity index (χ2n) is 6.65. The lowest BCUT2D eigenvalue weighted by molar-refractivity contribution is -0.149. The summed E-state index contributed by atoms with van der Waals surface area (Å²) in [6.45, 7) is 6.15. The second-order valence-corrected chi connectivity index (χ2v) is 6.65.